The number of benzene rings is 1. The van der Waals surface area contributed by atoms with Gasteiger partial charge in [-0.05, 0) is 25.5 Å². The van der Waals surface area contributed by atoms with Crippen molar-refractivity contribution in [1.82, 2.24) is 5.32 Å². The van der Waals surface area contributed by atoms with Crippen LogP contribution in [0.2, 0.25) is 0 Å². The Morgan fingerprint density at radius 1 is 1.47 bits per heavy atom. The fourth-order valence-electron chi connectivity index (χ4n) is 1.20. The number of carbonyl (C=O) groups is 1. The largest absolute Gasteiger partial charge is 0.388 e. The number of halogens is 2. The predicted octanol–water partition coefficient (Wildman–Crippen LogP) is 2.33. The number of hydrogen-bond donors (Lipinski definition) is 2. The molecule has 0 heterocycles. The summed E-state index contributed by atoms with van der Waals surface area (Å²) in [5, 5.41) is 12.3. The zero-order valence-electron chi connectivity index (χ0n) is 10.9. The molecule has 1 aromatic rings. The molecule has 0 radical (unpaired) electrons. The van der Waals surface area contributed by atoms with Crippen LogP contribution < -0.4 is 5.32 Å². The van der Waals surface area contributed by atoms with E-state index in [0.717, 1.165) is 23.9 Å². The van der Waals surface area contributed by atoms with Crippen LogP contribution in [-0.2, 0) is 4.79 Å². The van der Waals surface area contributed by atoms with Crippen LogP contribution in [0.5, 0.6) is 0 Å². The number of amides is 1. The Labute approximate surface area is 115 Å². The van der Waals surface area contributed by atoms with Gasteiger partial charge < -0.3 is 10.4 Å². The third kappa shape index (κ3) is 5.57. The summed E-state index contributed by atoms with van der Waals surface area (Å²) in [6.07, 6.45) is 0.521. The molecule has 3 nitrogen and oxygen atoms in total. The second kappa shape index (κ2) is 6.86. The summed E-state index contributed by atoms with van der Waals surface area (Å²) < 4.78 is 26.0. The van der Waals surface area contributed by atoms with Gasteiger partial charge in [-0.1, -0.05) is 6.92 Å². The number of hydrogen-bond acceptors (Lipinski definition) is 3. The summed E-state index contributed by atoms with van der Waals surface area (Å²) >= 11 is 0.987. The molecule has 1 unspecified atom stereocenters. The first-order valence-electron chi connectivity index (χ1n) is 5.91. The maximum absolute atomic E-state index is 13.3. The quantitative estimate of drug-likeness (QED) is 0.790. The van der Waals surface area contributed by atoms with Crippen molar-refractivity contribution in [1.29, 1.82) is 0 Å². The number of rotatable bonds is 6. The molecule has 0 aromatic heterocycles. The highest BCUT2D eigenvalue weighted by molar-refractivity contribution is 8.00. The van der Waals surface area contributed by atoms with Gasteiger partial charge in [0.05, 0.1) is 11.4 Å². The maximum atomic E-state index is 13.3. The Hall–Kier alpha value is -1.14. The summed E-state index contributed by atoms with van der Waals surface area (Å²) in [5.41, 5.74) is -0.943. The van der Waals surface area contributed by atoms with Gasteiger partial charge in [-0.15, -0.1) is 11.8 Å². The maximum Gasteiger partial charge on any atom is 0.230 e. The first kappa shape index (κ1) is 15.9. The average Bonchev–Trinajstić information content (AvgIpc) is 2.35. The smallest absolute Gasteiger partial charge is 0.230 e. The second-order valence-electron chi connectivity index (χ2n) is 4.49. The van der Waals surface area contributed by atoms with Crippen LogP contribution >= 0.6 is 11.8 Å². The topological polar surface area (TPSA) is 49.3 Å². The third-order valence-corrected chi connectivity index (χ3v) is 3.73. The van der Waals surface area contributed by atoms with Gasteiger partial charge in [0, 0.05) is 17.5 Å². The first-order chi connectivity index (χ1) is 8.84. The molecule has 6 heteroatoms. The molecule has 0 aliphatic carbocycles. The summed E-state index contributed by atoms with van der Waals surface area (Å²) in [7, 11) is 0. The Kier molecular flexibility index (Phi) is 5.75. The zero-order chi connectivity index (χ0) is 14.5. The highest BCUT2D eigenvalue weighted by Crippen LogP contribution is 2.22. The molecule has 0 aliphatic rings. The summed E-state index contributed by atoms with van der Waals surface area (Å²) in [5.74, 6) is -1.62. The van der Waals surface area contributed by atoms with E-state index in [1.807, 2.05) is 6.92 Å². The Bertz CT molecular complexity index is 452. The van der Waals surface area contributed by atoms with Crippen molar-refractivity contribution in [2.75, 3.05) is 12.3 Å². The average molecular weight is 289 g/mol. The minimum absolute atomic E-state index is 0.0162. The van der Waals surface area contributed by atoms with Crippen molar-refractivity contribution in [3.63, 3.8) is 0 Å². The molecule has 0 saturated carbocycles. The van der Waals surface area contributed by atoms with Crippen LogP contribution in [0.1, 0.15) is 20.3 Å². The lowest BCUT2D eigenvalue weighted by molar-refractivity contribution is -0.119. The van der Waals surface area contributed by atoms with Crippen molar-refractivity contribution < 1.29 is 18.7 Å². The van der Waals surface area contributed by atoms with Crippen LogP contribution in [0.25, 0.3) is 0 Å². The predicted molar refractivity (Wildman–Crippen MR) is 71.0 cm³/mol. The van der Waals surface area contributed by atoms with Gasteiger partial charge >= 0.3 is 0 Å². The summed E-state index contributed by atoms with van der Waals surface area (Å²) in [6.45, 7) is 3.59. The lowest BCUT2D eigenvalue weighted by atomic mass is 10.0. The molecule has 0 saturated heterocycles. The minimum atomic E-state index is -0.943. The van der Waals surface area contributed by atoms with Gasteiger partial charge in [-0.25, -0.2) is 8.78 Å². The SMILES string of the molecule is CCC(C)(O)CNC(=O)CSc1ccc(F)cc1F. The molecular weight excluding hydrogens is 272 g/mol. The van der Waals surface area contributed by atoms with E-state index in [-0.39, 0.29) is 23.1 Å². The third-order valence-electron chi connectivity index (χ3n) is 2.68. The van der Waals surface area contributed by atoms with Crippen molar-refractivity contribution in [2.24, 2.45) is 0 Å². The molecule has 106 valence electrons. The normalized spacial score (nSPS) is 13.9. The standard InChI is InChI=1S/C13H17F2NO2S/c1-3-13(2,18)8-16-12(17)7-19-11-5-4-9(14)6-10(11)15/h4-6,18H,3,7-8H2,1-2H3,(H,16,17). The fraction of sp³-hybridized carbons (Fsp3) is 0.462. The lowest BCUT2D eigenvalue weighted by Crippen LogP contribution is -2.40. The van der Waals surface area contributed by atoms with Crippen LogP contribution in [0.15, 0.2) is 23.1 Å². The molecule has 1 amide bonds. The number of carbonyl (C=O) groups excluding carboxylic acids is 1. The molecule has 0 aliphatic heterocycles. The van der Waals surface area contributed by atoms with Crippen molar-refractivity contribution in [3.8, 4) is 0 Å². The van der Waals surface area contributed by atoms with Gasteiger partial charge in [0.2, 0.25) is 5.91 Å². The van der Waals surface area contributed by atoms with Gasteiger partial charge in [-0.3, -0.25) is 4.79 Å². The summed E-state index contributed by atoms with van der Waals surface area (Å²) in [4.78, 5) is 11.7. The van der Waals surface area contributed by atoms with Crippen molar-refractivity contribution >= 4 is 17.7 Å². The molecule has 0 spiro atoms. The van der Waals surface area contributed by atoms with E-state index in [1.165, 1.54) is 6.07 Å². The molecule has 1 atom stereocenters. The Balaban J connectivity index is 2.42. The molecular formula is C13H17F2NO2S. The van der Waals surface area contributed by atoms with E-state index in [9.17, 15) is 18.7 Å². The van der Waals surface area contributed by atoms with Crippen molar-refractivity contribution in [2.45, 2.75) is 30.8 Å². The van der Waals surface area contributed by atoms with Crippen LogP contribution in [0.3, 0.4) is 0 Å². The highest BCUT2D eigenvalue weighted by atomic mass is 32.2. The fourth-order valence-corrected chi connectivity index (χ4v) is 1.95. The highest BCUT2D eigenvalue weighted by Gasteiger charge is 2.18. The summed E-state index contributed by atoms with van der Waals surface area (Å²) in [6, 6.07) is 3.22. The monoisotopic (exact) mass is 289 g/mol. The van der Waals surface area contributed by atoms with E-state index in [1.54, 1.807) is 6.92 Å². The van der Waals surface area contributed by atoms with Crippen LogP contribution in [0.4, 0.5) is 8.78 Å². The van der Waals surface area contributed by atoms with Crippen LogP contribution in [-0.4, -0.2) is 28.9 Å². The zero-order valence-corrected chi connectivity index (χ0v) is 11.7. The Morgan fingerprint density at radius 2 is 2.16 bits per heavy atom. The first-order valence-corrected chi connectivity index (χ1v) is 6.89. The van der Waals surface area contributed by atoms with E-state index in [2.05, 4.69) is 5.32 Å². The second-order valence-corrected chi connectivity index (χ2v) is 5.51. The lowest BCUT2D eigenvalue weighted by Gasteiger charge is -2.21. The van der Waals surface area contributed by atoms with Crippen molar-refractivity contribution in [3.05, 3.63) is 29.8 Å². The van der Waals surface area contributed by atoms with E-state index in [4.69, 9.17) is 0 Å². The van der Waals surface area contributed by atoms with Gasteiger partial charge in [0.1, 0.15) is 11.6 Å². The Morgan fingerprint density at radius 3 is 2.74 bits per heavy atom. The molecule has 2 N–H and O–H groups in total. The molecule has 1 aromatic carbocycles. The number of nitrogens with one attached hydrogen (secondary N) is 1. The van der Waals surface area contributed by atoms with Gasteiger partial charge in [-0.2, -0.15) is 0 Å². The minimum Gasteiger partial charge on any atom is -0.388 e. The van der Waals surface area contributed by atoms with E-state index >= 15 is 0 Å². The molecule has 0 fully saturated rings. The molecule has 0 bridgehead atoms. The number of aliphatic hydroxyl groups is 1. The van der Waals surface area contributed by atoms with E-state index in [0.29, 0.717) is 6.42 Å². The van der Waals surface area contributed by atoms with Crippen LogP contribution in [0, 0.1) is 11.6 Å². The van der Waals surface area contributed by atoms with Gasteiger partial charge in [0.15, 0.2) is 0 Å². The molecule has 1 rings (SSSR count). The number of thioether (sulfide) groups is 1. The molecule has 19 heavy (non-hydrogen) atoms. The van der Waals surface area contributed by atoms with Gasteiger partial charge in [0.25, 0.3) is 0 Å². The van der Waals surface area contributed by atoms with E-state index < -0.39 is 17.2 Å².